The molecule has 3 atom stereocenters. The first-order valence-electron chi connectivity index (χ1n) is 7.65. The second-order valence-electron chi connectivity index (χ2n) is 6.00. The number of halogens is 1. The Morgan fingerprint density at radius 3 is 1.91 bits per heavy atom. The third-order valence-corrected chi connectivity index (χ3v) is 4.77. The molecule has 23 heavy (non-hydrogen) atoms. The van der Waals surface area contributed by atoms with Crippen LogP contribution in [0.25, 0.3) is 11.1 Å². The number of hydrogen-bond acceptors (Lipinski definition) is 4. The van der Waals surface area contributed by atoms with Crippen LogP contribution in [-0.2, 0) is 0 Å². The summed E-state index contributed by atoms with van der Waals surface area (Å²) in [5.74, 6) is 0. The number of nitrogens with zero attached hydrogens (tertiary/aromatic N) is 1. The van der Waals surface area contributed by atoms with Gasteiger partial charge in [-0.25, -0.2) is 0 Å². The highest BCUT2D eigenvalue weighted by Crippen LogP contribution is 2.24. The molecule has 0 bridgehead atoms. The van der Waals surface area contributed by atoms with Crippen molar-refractivity contribution in [2.24, 2.45) is 0 Å². The third kappa shape index (κ3) is 4.00. The van der Waals surface area contributed by atoms with Gasteiger partial charge in [0, 0.05) is 24.1 Å². The molecule has 0 spiro atoms. The number of hydrogen-bond donors (Lipinski definition) is 3. The summed E-state index contributed by atoms with van der Waals surface area (Å²) in [5, 5.41) is 29.5. The van der Waals surface area contributed by atoms with Crippen LogP contribution in [0.1, 0.15) is 11.7 Å². The standard InChI is InChI=1S/C18H20BrNO3/c19-15-7-5-13(6-8-15)12-1-3-14(4-2-12)16(21)9-20-10-17(22)18(23)11-20/h1-8,16-18,21-23H,9-11H2/t16-,17-,18+/m1/s1. The number of likely N-dealkylation sites (tertiary alicyclic amines) is 1. The minimum Gasteiger partial charge on any atom is -0.389 e. The fourth-order valence-corrected chi connectivity index (χ4v) is 3.15. The summed E-state index contributed by atoms with van der Waals surface area (Å²) in [4.78, 5) is 1.88. The Kier molecular flexibility index (Phi) is 5.14. The summed E-state index contributed by atoms with van der Waals surface area (Å²) in [6.07, 6.45) is -2.07. The molecule has 122 valence electrons. The zero-order valence-corrected chi connectivity index (χ0v) is 14.2. The van der Waals surface area contributed by atoms with E-state index in [1.54, 1.807) is 0 Å². The van der Waals surface area contributed by atoms with Crippen molar-refractivity contribution < 1.29 is 15.3 Å². The van der Waals surface area contributed by atoms with Crippen LogP contribution in [0.3, 0.4) is 0 Å². The lowest BCUT2D eigenvalue weighted by Gasteiger charge is -2.19. The van der Waals surface area contributed by atoms with E-state index in [0.717, 1.165) is 21.2 Å². The number of benzene rings is 2. The zero-order valence-electron chi connectivity index (χ0n) is 12.6. The van der Waals surface area contributed by atoms with E-state index in [9.17, 15) is 15.3 Å². The predicted molar refractivity (Wildman–Crippen MR) is 93.0 cm³/mol. The van der Waals surface area contributed by atoms with Crippen LogP contribution >= 0.6 is 15.9 Å². The molecule has 0 saturated carbocycles. The van der Waals surface area contributed by atoms with Crippen molar-refractivity contribution in [1.29, 1.82) is 0 Å². The lowest BCUT2D eigenvalue weighted by atomic mass is 10.0. The van der Waals surface area contributed by atoms with E-state index in [4.69, 9.17) is 0 Å². The molecule has 0 radical (unpaired) electrons. The van der Waals surface area contributed by atoms with Gasteiger partial charge in [0.1, 0.15) is 0 Å². The highest BCUT2D eigenvalue weighted by atomic mass is 79.9. The van der Waals surface area contributed by atoms with Crippen molar-refractivity contribution in [1.82, 2.24) is 4.90 Å². The summed E-state index contributed by atoms with van der Waals surface area (Å²) < 4.78 is 1.04. The summed E-state index contributed by atoms with van der Waals surface area (Å²) >= 11 is 3.43. The maximum absolute atomic E-state index is 10.3. The molecule has 0 aliphatic carbocycles. The van der Waals surface area contributed by atoms with Crippen LogP contribution in [0.15, 0.2) is 53.0 Å². The molecule has 1 saturated heterocycles. The normalized spacial score (nSPS) is 23.1. The summed E-state index contributed by atoms with van der Waals surface area (Å²) in [6.45, 7) is 1.20. The van der Waals surface area contributed by atoms with E-state index in [1.807, 2.05) is 53.4 Å². The molecular weight excluding hydrogens is 358 g/mol. The summed E-state index contributed by atoms with van der Waals surface area (Å²) in [6, 6.07) is 15.9. The van der Waals surface area contributed by atoms with Crippen molar-refractivity contribution in [2.75, 3.05) is 19.6 Å². The van der Waals surface area contributed by atoms with Gasteiger partial charge in [-0.2, -0.15) is 0 Å². The maximum atomic E-state index is 10.3. The van der Waals surface area contributed by atoms with Gasteiger partial charge in [-0.1, -0.05) is 52.3 Å². The lowest BCUT2D eigenvalue weighted by molar-refractivity contribution is 0.0572. The molecular formula is C18H20BrNO3. The topological polar surface area (TPSA) is 63.9 Å². The van der Waals surface area contributed by atoms with E-state index in [0.29, 0.717) is 19.6 Å². The molecule has 0 unspecified atom stereocenters. The molecule has 3 rings (SSSR count). The molecule has 0 amide bonds. The SMILES string of the molecule is O[C@H](CN1C[C@@H](O)[C@@H](O)C1)c1ccc(-c2ccc(Br)cc2)cc1. The molecule has 1 aliphatic heterocycles. The van der Waals surface area contributed by atoms with Crippen LogP contribution < -0.4 is 0 Å². The van der Waals surface area contributed by atoms with Gasteiger partial charge in [-0.3, -0.25) is 4.90 Å². The van der Waals surface area contributed by atoms with E-state index < -0.39 is 18.3 Å². The average Bonchev–Trinajstić information content (AvgIpc) is 2.86. The van der Waals surface area contributed by atoms with Crippen LogP contribution in [0.5, 0.6) is 0 Å². The zero-order chi connectivity index (χ0) is 16.4. The first kappa shape index (κ1) is 16.6. The van der Waals surface area contributed by atoms with Gasteiger partial charge < -0.3 is 15.3 Å². The first-order chi connectivity index (χ1) is 11.0. The van der Waals surface area contributed by atoms with E-state index in [-0.39, 0.29) is 0 Å². The van der Waals surface area contributed by atoms with E-state index in [1.165, 1.54) is 0 Å². The van der Waals surface area contributed by atoms with E-state index >= 15 is 0 Å². The third-order valence-electron chi connectivity index (χ3n) is 4.24. The largest absolute Gasteiger partial charge is 0.389 e. The molecule has 4 nitrogen and oxygen atoms in total. The molecule has 0 aromatic heterocycles. The minimum atomic E-state index is -0.720. The molecule has 1 aliphatic rings. The molecule has 1 heterocycles. The van der Waals surface area contributed by atoms with Gasteiger partial charge >= 0.3 is 0 Å². The van der Waals surface area contributed by atoms with Gasteiger partial charge in [0.05, 0.1) is 18.3 Å². The molecule has 2 aromatic carbocycles. The predicted octanol–water partition coefficient (Wildman–Crippen LogP) is 2.19. The lowest BCUT2D eigenvalue weighted by Crippen LogP contribution is -2.27. The fourth-order valence-electron chi connectivity index (χ4n) is 2.89. The average molecular weight is 378 g/mol. The van der Waals surface area contributed by atoms with E-state index in [2.05, 4.69) is 15.9 Å². The molecule has 1 fully saturated rings. The van der Waals surface area contributed by atoms with Crippen molar-refractivity contribution in [3.8, 4) is 11.1 Å². The Labute approximate surface area is 144 Å². The minimum absolute atomic E-state index is 0.398. The molecule has 3 N–H and O–H groups in total. The Bertz CT molecular complexity index is 634. The Morgan fingerprint density at radius 2 is 1.39 bits per heavy atom. The second-order valence-corrected chi connectivity index (χ2v) is 6.91. The maximum Gasteiger partial charge on any atom is 0.0938 e. The Morgan fingerprint density at radius 1 is 0.913 bits per heavy atom. The number of aliphatic hydroxyl groups is 3. The monoisotopic (exact) mass is 377 g/mol. The van der Waals surface area contributed by atoms with Gasteiger partial charge in [0.15, 0.2) is 0 Å². The van der Waals surface area contributed by atoms with Crippen molar-refractivity contribution in [3.63, 3.8) is 0 Å². The quantitative estimate of drug-likeness (QED) is 0.763. The van der Waals surface area contributed by atoms with Crippen molar-refractivity contribution in [2.45, 2.75) is 18.3 Å². The Hall–Kier alpha value is -1.24. The fraction of sp³-hybridized carbons (Fsp3) is 0.333. The number of rotatable bonds is 4. The van der Waals surface area contributed by atoms with Crippen LogP contribution in [-0.4, -0.2) is 52.1 Å². The number of β-amino-alcohol motifs (C(OH)–C–C–N with tert-alkyl or cyclic N) is 3. The van der Waals surface area contributed by atoms with Crippen molar-refractivity contribution in [3.05, 3.63) is 58.6 Å². The summed E-state index contributed by atoms with van der Waals surface area (Å²) in [5.41, 5.74) is 3.06. The molecule has 5 heteroatoms. The van der Waals surface area contributed by atoms with Crippen molar-refractivity contribution >= 4 is 15.9 Å². The highest BCUT2D eigenvalue weighted by molar-refractivity contribution is 9.10. The van der Waals surface area contributed by atoms with Gasteiger partial charge in [0.2, 0.25) is 0 Å². The summed E-state index contributed by atoms with van der Waals surface area (Å²) in [7, 11) is 0. The van der Waals surface area contributed by atoms with Crippen LogP contribution in [0.2, 0.25) is 0 Å². The van der Waals surface area contributed by atoms with Crippen LogP contribution in [0, 0.1) is 0 Å². The second kappa shape index (κ2) is 7.11. The number of aliphatic hydroxyl groups excluding tert-OH is 3. The van der Waals surface area contributed by atoms with Gasteiger partial charge in [0.25, 0.3) is 0 Å². The van der Waals surface area contributed by atoms with Gasteiger partial charge in [-0.15, -0.1) is 0 Å². The first-order valence-corrected chi connectivity index (χ1v) is 8.44. The highest BCUT2D eigenvalue weighted by Gasteiger charge is 2.30. The smallest absolute Gasteiger partial charge is 0.0938 e. The molecule has 2 aromatic rings. The Balaban J connectivity index is 1.66. The van der Waals surface area contributed by atoms with Crippen LogP contribution in [0.4, 0.5) is 0 Å². The van der Waals surface area contributed by atoms with Gasteiger partial charge in [-0.05, 0) is 28.8 Å².